The first-order valence-electron chi connectivity index (χ1n) is 7.51. The molecule has 4 N–H and O–H groups in total. The number of nitrogens with zero attached hydrogens (tertiary/aromatic N) is 2. The lowest BCUT2D eigenvalue weighted by Gasteiger charge is -2.06. The van der Waals surface area contributed by atoms with Crippen LogP contribution >= 0.6 is 0 Å². The molecule has 0 saturated carbocycles. The number of rotatable bonds is 7. The van der Waals surface area contributed by atoms with E-state index in [1.54, 1.807) is 18.5 Å². The van der Waals surface area contributed by atoms with Crippen LogP contribution in [0.25, 0.3) is 0 Å². The zero-order valence-corrected chi connectivity index (χ0v) is 13.2. The van der Waals surface area contributed by atoms with Gasteiger partial charge in [-0.05, 0) is 22.8 Å². The molecule has 1 heterocycles. The van der Waals surface area contributed by atoms with E-state index in [0.717, 1.165) is 16.7 Å². The SMILES string of the molecule is N#C/C(=C/NCc1cccc(CN)c1)C(=O)NCc1cccnc1. The molecule has 6 heteroatoms. The van der Waals surface area contributed by atoms with E-state index in [2.05, 4.69) is 15.6 Å². The first-order chi connectivity index (χ1) is 11.7. The summed E-state index contributed by atoms with van der Waals surface area (Å²) in [5, 5.41) is 14.8. The molecule has 0 aliphatic rings. The lowest BCUT2D eigenvalue weighted by molar-refractivity contribution is -0.117. The predicted octanol–water partition coefficient (Wildman–Crippen LogP) is 1.35. The summed E-state index contributed by atoms with van der Waals surface area (Å²) in [6.45, 7) is 1.31. The molecule has 1 aromatic carbocycles. The molecule has 0 aliphatic heterocycles. The number of amides is 1. The molecule has 6 nitrogen and oxygen atoms in total. The number of carbonyl (C=O) groups excluding carboxylic acids is 1. The maximum Gasteiger partial charge on any atom is 0.263 e. The number of nitrogens with two attached hydrogens (primary N) is 1. The summed E-state index contributed by atoms with van der Waals surface area (Å²) in [6.07, 6.45) is 4.75. The molecule has 1 aromatic heterocycles. The van der Waals surface area contributed by atoms with Gasteiger partial charge in [-0.25, -0.2) is 0 Å². The van der Waals surface area contributed by atoms with Crippen LogP contribution in [0, 0.1) is 11.3 Å². The van der Waals surface area contributed by atoms with E-state index in [1.165, 1.54) is 6.20 Å². The van der Waals surface area contributed by atoms with Crippen LogP contribution in [-0.4, -0.2) is 10.9 Å². The fourth-order valence-corrected chi connectivity index (χ4v) is 2.07. The van der Waals surface area contributed by atoms with Crippen LogP contribution in [0.15, 0.2) is 60.6 Å². The number of nitriles is 1. The Kier molecular flexibility index (Phi) is 6.50. The zero-order valence-electron chi connectivity index (χ0n) is 13.2. The molecule has 24 heavy (non-hydrogen) atoms. The number of nitrogens with one attached hydrogen (secondary N) is 2. The van der Waals surface area contributed by atoms with Crippen molar-refractivity contribution in [2.24, 2.45) is 5.73 Å². The third-order valence-corrected chi connectivity index (χ3v) is 3.32. The minimum Gasteiger partial charge on any atom is -0.386 e. The molecule has 2 rings (SSSR count). The Labute approximate surface area is 141 Å². The highest BCUT2D eigenvalue weighted by molar-refractivity contribution is 5.97. The summed E-state index contributed by atoms with van der Waals surface area (Å²) < 4.78 is 0. The van der Waals surface area contributed by atoms with Crippen molar-refractivity contribution in [3.8, 4) is 6.07 Å². The van der Waals surface area contributed by atoms with Gasteiger partial charge in [-0.15, -0.1) is 0 Å². The summed E-state index contributed by atoms with van der Waals surface area (Å²) in [5.74, 6) is -0.426. The zero-order chi connectivity index (χ0) is 17.2. The molecule has 2 aromatic rings. The fourth-order valence-electron chi connectivity index (χ4n) is 2.07. The molecule has 0 radical (unpaired) electrons. The van der Waals surface area contributed by atoms with Gasteiger partial charge in [-0.3, -0.25) is 9.78 Å². The van der Waals surface area contributed by atoms with Gasteiger partial charge in [-0.1, -0.05) is 30.3 Å². The number of pyridine rings is 1. The van der Waals surface area contributed by atoms with Gasteiger partial charge < -0.3 is 16.4 Å². The average Bonchev–Trinajstić information content (AvgIpc) is 2.64. The topological polar surface area (TPSA) is 104 Å². The van der Waals surface area contributed by atoms with Gasteiger partial charge in [0.15, 0.2) is 0 Å². The largest absolute Gasteiger partial charge is 0.386 e. The van der Waals surface area contributed by atoms with Crippen LogP contribution in [0.5, 0.6) is 0 Å². The van der Waals surface area contributed by atoms with E-state index >= 15 is 0 Å². The number of hydrogen-bond donors (Lipinski definition) is 3. The molecular formula is C18H19N5O. The van der Waals surface area contributed by atoms with Gasteiger partial charge in [-0.2, -0.15) is 5.26 Å². The van der Waals surface area contributed by atoms with E-state index < -0.39 is 5.91 Å². The Bertz CT molecular complexity index is 750. The third kappa shape index (κ3) is 5.23. The van der Waals surface area contributed by atoms with Crippen molar-refractivity contribution < 1.29 is 4.79 Å². The Morgan fingerprint density at radius 1 is 1.21 bits per heavy atom. The minimum absolute atomic E-state index is 0.0221. The maximum absolute atomic E-state index is 12.0. The highest BCUT2D eigenvalue weighted by Gasteiger charge is 2.08. The highest BCUT2D eigenvalue weighted by Crippen LogP contribution is 2.04. The summed E-state index contributed by atoms with van der Waals surface area (Å²) in [4.78, 5) is 16.0. The second-order valence-corrected chi connectivity index (χ2v) is 5.12. The normalized spacial score (nSPS) is 10.8. The van der Waals surface area contributed by atoms with Crippen LogP contribution in [0.3, 0.4) is 0 Å². The van der Waals surface area contributed by atoms with Crippen molar-refractivity contribution in [1.29, 1.82) is 5.26 Å². The molecule has 0 saturated heterocycles. The first-order valence-corrected chi connectivity index (χ1v) is 7.51. The standard InChI is InChI=1S/C18H19N5O/c19-8-14-3-1-4-15(7-14)10-22-13-17(9-20)18(24)23-12-16-5-2-6-21-11-16/h1-7,11,13,22H,8,10,12,19H2,(H,23,24)/b17-13-. The van der Waals surface area contributed by atoms with Crippen LogP contribution in [-0.2, 0) is 24.4 Å². The van der Waals surface area contributed by atoms with Crippen molar-refractivity contribution in [2.75, 3.05) is 0 Å². The van der Waals surface area contributed by atoms with E-state index in [9.17, 15) is 4.79 Å². The molecule has 122 valence electrons. The van der Waals surface area contributed by atoms with Crippen LogP contribution in [0.2, 0.25) is 0 Å². The van der Waals surface area contributed by atoms with Gasteiger partial charge in [0.1, 0.15) is 11.6 Å². The average molecular weight is 321 g/mol. The maximum atomic E-state index is 12.0. The number of benzene rings is 1. The van der Waals surface area contributed by atoms with Crippen LogP contribution < -0.4 is 16.4 Å². The van der Waals surface area contributed by atoms with E-state index in [0.29, 0.717) is 19.6 Å². The molecule has 0 fully saturated rings. The van der Waals surface area contributed by atoms with Crippen molar-refractivity contribution in [2.45, 2.75) is 19.6 Å². The quantitative estimate of drug-likeness (QED) is 0.527. The Morgan fingerprint density at radius 2 is 2.00 bits per heavy atom. The first kappa shape index (κ1) is 17.2. The summed E-state index contributed by atoms with van der Waals surface area (Å²) in [6, 6.07) is 13.4. The van der Waals surface area contributed by atoms with Crippen molar-refractivity contribution in [3.05, 3.63) is 77.3 Å². The molecular weight excluding hydrogens is 302 g/mol. The Hall–Kier alpha value is -3.17. The van der Waals surface area contributed by atoms with E-state index in [4.69, 9.17) is 11.0 Å². The van der Waals surface area contributed by atoms with Crippen LogP contribution in [0.1, 0.15) is 16.7 Å². The van der Waals surface area contributed by atoms with E-state index in [-0.39, 0.29) is 5.57 Å². The van der Waals surface area contributed by atoms with E-state index in [1.807, 2.05) is 36.4 Å². The summed E-state index contributed by atoms with van der Waals surface area (Å²) in [5.41, 5.74) is 8.56. The molecule has 0 spiro atoms. The molecule has 1 amide bonds. The number of carbonyl (C=O) groups is 1. The van der Waals surface area contributed by atoms with Crippen LogP contribution in [0.4, 0.5) is 0 Å². The Balaban J connectivity index is 1.88. The van der Waals surface area contributed by atoms with Crippen molar-refractivity contribution in [3.63, 3.8) is 0 Å². The van der Waals surface area contributed by atoms with Gasteiger partial charge in [0.05, 0.1) is 0 Å². The van der Waals surface area contributed by atoms with Crippen molar-refractivity contribution >= 4 is 5.91 Å². The minimum atomic E-state index is -0.426. The lowest BCUT2D eigenvalue weighted by Crippen LogP contribution is -2.25. The van der Waals surface area contributed by atoms with Gasteiger partial charge in [0, 0.05) is 38.2 Å². The smallest absolute Gasteiger partial charge is 0.263 e. The monoisotopic (exact) mass is 321 g/mol. The number of aromatic nitrogens is 1. The third-order valence-electron chi connectivity index (χ3n) is 3.32. The predicted molar refractivity (Wildman–Crippen MR) is 91.0 cm³/mol. The molecule has 0 atom stereocenters. The van der Waals surface area contributed by atoms with Gasteiger partial charge in [0.25, 0.3) is 5.91 Å². The lowest BCUT2D eigenvalue weighted by atomic mass is 10.1. The molecule has 0 unspecified atom stereocenters. The molecule has 0 aliphatic carbocycles. The van der Waals surface area contributed by atoms with Gasteiger partial charge in [0.2, 0.25) is 0 Å². The second-order valence-electron chi connectivity index (χ2n) is 5.12. The fraction of sp³-hybridized carbons (Fsp3) is 0.167. The second kappa shape index (κ2) is 9.08. The van der Waals surface area contributed by atoms with Gasteiger partial charge >= 0.3 is 0 Å². The molecule has 0 bridgehead atoms. The Morgan fingerprint density at radius 3 is 2.71 bits per heavy atom. The highest BCUT2D eigenvalue weighted by atomic mass is 16.1. The van der Waals surface area contributed by atoms with Crippen molar-refractivity contribution in [1.82, 2.24) is 15.6 Å². The summed E-state index contributed by atoms with van der Waals surface area (Å²) in [7, 11) is 0. The number of hydrogen-bond acceptors (Lipinski definition) is 5. The summed E-state index contributed by atoms with van der Waals surface area (Å²) >= 11 is 0.